The van der Waals surface area contributed by atoms with E-state index in [1.165, 1.54) is 12.5 Å². The van der Waals surface area contributed by atoms with Crippen molar-refractivity contribution in [3.8, 4) is 0 Å². The van der Waals surface area contributed by atoms with Crippen molar-refractivity contribution < 1.29 is 69.0 Å². The summed E-state index contributed by atoms with van der Waals surface area (Å²) in [5.41, 5.74) is 5.77. The lowest BCUT2D eigenvalue weighted by molar-refractivity contribution is -0.146. The maximum atomic E-state index is 13.3. The monoisotopic (exact) mass is 802 g/mol. The van der Waals surface area contributed by atoms with E-state index in [9.17, 15) is 63.9 Å². The van der Waals surface area contributed by atoms with Crippen LogP contribution in [0.3, 0.4) is 0 Å². The number of carboxylic acid groups (broad SMARTS) is 1. The summed E-state index contributed by atoms with van der Waals surface area (Å²) >= 11 is 0. The fourth-order valence-electron chi connectivity index (χ4n) is 4.83. The molecule has 1 heterocycles. The number of imidazole rings is 1. The highest BCUT2D eigenvalue weighted by molar-refractivity contribution is 5.97. The number of nitrogens with two attached hydrogens (primary N) is 1. The van der Waals surface area contributed by atoms with Crippen molar-refractivity contribution >= 4 is 47.3 Å². The third-order valence-corrected chi connectivity index (χ3v) is 7.91. The van der Waals surface area contributed by atoms with Crippen LogP contribution < -0.4 is 43.0 Å². The second kappa shape index (κ2) is 23.6. The zero-order valence-corrected chi connectivity index (χ0v) is 31.5. The number of rotatable bonds is 24. The minimum atomic E-state index is -1.76. The van der Waals surface area contributed by atoms with Crippen molar-refractivity contribution in [1.82, 2.24) is 47.2 Å². The Morgan fingerprint density at radius 3 is 1.62 bits per heavy atom. The number of carbonyl (C=O) groups is 8. The predicted octanol–water partition coefficient (Wildman–Crippen LogP) is -7.44. The first-order valence-corrected chi connectivity index (χ1v) is 17.4. The van der Waals surface area contributed by atoms with Crippen LogP contribution in [0, 0.1) is 5.92 Å². The summed E-state index contributed by atoms with van der Waals surface area (Å²) in [6.07, 6.45) is -2.21. The molecule has 56 heavy (non-hydrogen) atoms. The van der Waals surface area contributed by atoms with E-state index in [2.05, 4.69) is 41.9 Å². The molecule has 0 aromatic carbocycles. The molecule has 24 heteroatoms. The minimum Gasteiger partial charge on any atom is -0.480 e. The number of nitrogens with one attached hydrogen (secondary N) is 8. The number of carbonyl (C=O) groups excluding carboxylic acids is 7. The quantitative estimate of drug-likeness (QED) is 0.0462. The average Bonchev–Trinajstić information content (AvgIpc) is 3.63. The van der Waals surface area contributed by atoms with Crippen LogP contribution in [0.1, 0.15) is 46.7 Å². The molecule has 24 nitrogen and oxygen atoms in total. The van der Waals surface area contributed by atoms with Crippen molar-refractivity contribution in [3.63, 3.8) is 0 Å². The number of aliphatic hydroxyl groups is 5. The number of hydrogen-bond donors (Lipinski definition) is 15. The molecule has 16 N–H and O–H groups in total. The van der Waals surface area contributed by atoms with Crippen LogP contribution in [0.2, 0.25) is 0 Å². The first-order chi connectivity index (χ1) is 26.1. The molecule has 1 aromatic heterocycles. The van der Waals surface area contributed by atoms with Gasteiger partial charge in [0.1, 0.15) is 36.3 Å². The smallest absolute Gasteiger partial charge is 0.328 e. The van der Waals surface area contributed by atoms with Crippen LogP contribution in [-0.4, -0.2) is 168 Å². The van der Waals surface area contributed by atoms with E-state index >= 15 is 0 Å². The number of H-pyrrole nitrogens is 1. The molecule has 7 amide bonds. The Labute approximate surface area is 321 Å². The van der Waals surface area contributed by atoms with Crippen LogP contribution in [0.4, 0.5) is 0 Å². The predicted molar refractivity (Wildman–Crippen MR) is 191 cm³/mol. The Morgan fingerprint density at radius 2 is 1.16 bits per heavy atom. The number of carboxylic acids is 1. The van der Waals surface area contributed by atoms with E-state index in [0.717, 1.165) is 20.8 Å². The van der Waals surface area contributed by atoms with Crippen LogP contribution in [-0.2, 0) is 44.8 Å². The molecule has 1 aromatic rings. The first-order valence-electron chi connectivity index (χ1n) is 17.4. The lowest BCUT2D eigenvalue weighted by Gasteiger charge is -2.27. The van der Waals surface area contributed by atoms with Crippen molar-refractivity contribution in [3.05, 3.63) is 18.2 Å². The molecule has 0 aliphatic rings. The molecule has 1 rings (SSSR count). The fourth-order valence-corrected chi connectivity index (χ4v) is 4.83. The SMILES string of the molecule is CC(C)C[C@H](NC(=O)CNC(=O)[C@H](Cc1cnc[nH]1)NC(=O)[C@H](CO)NC(=O)[C@@H](NC(=O)[C@@H](N)CO)[C@@H](C)O)C(=O)N[C@H](C(=O)N[C@H](C(=O)O)[C@@H](C)O)[C@@H](C)O. The topological polar surface area (TPSA) is 397 Å². The highest BCUT2D eigenvalue weighted by atomic mass is 16.4. The third-order valence-electron chi connectivity index (χ3n) is 7.91. The van der Waals surface area contributed by atoms with Gasteiger partial charge in [0.25, 0.3) is 0 Å². The molecule has 0 aliphatic carbocycles. The second-order valence-electron chi connectivity index (χ2n) is 13.4. The zero-order chi connectivity index (χ0) is 42.9. The van der Waals surface area contributed by atoms with E-state index in [4.69, 9.17) is 10.8 Å². The lowest BCUT2D eigenvalue weighted by atomic mass is 10.0. The van der Waals surface area contributed by atoms with Crippen molar-refractivity contribution in [2.75, 3.05) is 19.8 Å². The van der Waals surface area contributed by atoms with E-state index in [1.807, 2.05) is 5.32 Å². The number of amides is 7. The van der Waals surface area contributed by atoms with E-state index in [1.54, 1.807) is 13.8 Å². The number of aromatic amines is 1. The summed E-state index contributed by atoms with van der Waals surface area (Å²) < 4.78 is 0. The van der Waals surface area contributed by atoms with Crippen LogP contribution in [0.15, 0.2) is 12.5 Å². The molecule has 0 saturated heterocycles. The maximum Gasteiger partial charge on any atom is 0.328 e. The Balaban J connectivity index is 3.09. The van der Waals surface area contributed by atoms with Gasteiger partial charge in [0.15, 0.2) is 6.04 Å². The van der Waals surface area contributed by atoms with Crippen molar-refractivity contribution in [1.29, 1.82) is 0 Å². The minimum absolute atomic E-state index is 0.00566. The Kier molecular flexibility index (Phi) is 20.5. The van der Waals surface area contributed by atoms with Gasteiger partial charge in [0.05, 0.1) is 44.4 Å². The molecule has 0 aliphatic heterocycles. The molecular formula is C32H54N10O14. The fraction of sp³-hybridized carbons (Fsp3) is 0.656. The van der Waals surface area contributed by atoms with Crippen molar-refractivity contribution in [2.45, 2.75) is 108 Å². The van der Waals surface area contributed by atoms with Gasteiger partial charge in [-0.1, -0.05) is 13.8 Å². The van der Waals surface area contributed by atoms with E-state index < -0.39 is 128 Å². The van der Waals surface area contributed by atoms with Crippen molar-refractivity contribution in [2.24, 2.45) is 11.7 Å². The second-order valence-corrected chi connectivity index (χ2v) is 13.4. The van der Waals surface area contributed by atoms with E-state index in [0.29, 0.717) is 5.69 Å². The molecular weight excluding hydrogens is 748 g/mol. The molecule has 0 bridgehead atoms. The Morgan fingerprint density at radius 1 is 0.661 bits per heavy atom. The summed E-state index contributed by atoms with van der Waals surface area (Å²) in [7, 11) is 0. The first kappa shape index (κ1) is 48.7. The number of aromatic nitrogens is 2. The van der Waals surface area contributed by atoms with Gasteiger partial charge < -0.3 is 78.6 Å². The van der Waals surface area contributed by atoms with Gasteiger partial charge in [0, 0.05) is 18.3 Å². The van der Waals surface area contributed by atoms with Crippen LogP contribution in [0.25, 0.3) is 0 Å². The maximum absolute atomic E-state index is 13.3. The van der Waals surface area contributed by atoms with Gasteiger partial charge >= 0.3 is 5.97 Å². The molecule has 0 saturated carbocycles. The zero-order valence-electron chi connectivity index (χ0n) is 31.5. The van der Waals surface area contributed by atoms with Crippen LogP contribution in [0.5, 0.6) is 0 Å². The molecule has 10 atom stereocenters. The molecule has 0 unspecified atom stereocenters. The largest absolute Gasteiger partial charge is 0.480 e. The summed E-state index contributed by atoms with van der Waals surface area (Å²) in [5.74, 6) is -8.93. The highest BCUT2D eigenvalue weighted by Crippen LogP contribution is 2.08. The third kappa shape index (κ3) is 16.2. The average molecular weight is 803 g/mol. The Hall–Kier alpha value is -5.27. The summed E-state index contributed by atoms with van der Waals surface area (Å²) in [4.78, 5) is 109. The lowest BCUT2D eigenvalue weighted by Crippen LogP contribution is -2.61. The summed E-state index contributed by atoms with van der Waals surface area (Å²) in [6.45, 7) is 4.30. The number of nitrogens with zero attached hydrogens (tertiary/aromatic N) is 1. The van der Waals surface area contributed by atoms with Gasteiger partial charge in [-0.15, -0.1) is 0 Å². The number of aliphatic carboxylic acids is 1. The van der Waals surface area contributed by atoms with Gasteiger partial charge in [0.2, 0.25) is 41.4 Å². The molecule has 0 fully saturated rings. The molecule has 316 valence electrons. The van der Waals surface area contributed by atoms with Gasteiger partial charge in [-0.05, 0) is 33.1 Å². The Bertz CT molecular complexity index is 1490. The van der Waals surface area contributed by atoms with E-state index in [-0.39, 0.29) is 18.8 Å². The number of hydrogen-bond acceptors (Lipinski definition) is 15. The van der Waals surface area contributed by atoms with Gasteiger partial charge in [-0.2, -0.15) is 0 Å². The molecule has 0 spiro atoms. The number of aliphatic hydroxyl groups excluding tert-OH is 5. The standard InChI is InChI=1S/C32H54N10O14/c1-13(2)6-19(28(51)41-24(15(4)46)31(54)42-25(16(5)47)32(55)56)37-22(48)9-35-27(50)20(7-17-8-34-12-36-17)38-29(52)21(11-44)39-30(53)23(14(3)45)40-26(49)18(33)10-43/h8,12-16,18-21,23-25,43-47H,6-7,9-11,33H2,1-5H3,(H,34,36)(H,35,50)(H,37,48)(H,38,52)(H,39,53)(H,40,49)(H,41,51)(H,42,54)(H,55,56)/t14-,15-,16-,18+,19+,20+,21+,23+,24+,25+/m1/s1. The van der Waals surface area contributed by atoms with Gasteiger partial charge in [-0.25, -0.2) is 9.78 Å². The summed E-state index contributed by atoms with van der Waals surface area (Å²) in [6, 6.07) is -11.1. The molecule has 0 radical (unpaired) electrons. The summed E-state index contributed by atoms with van der Waals surface area (Å²) in [5, 5.41) is 73.8. The van der Waals surface area contributed by atoms with Gasteiger partial charge in [-0.3, -0.25) is 33.6 Å². The normalized spacial score (nSPS) is 16.6. The van der Waals surface area contributed by atoms with Crippen LogP contribution >= 0.6 is 0 Å². The highest BCUT2D eigenvalue weighted by Gasteiger charge is 2.35.